The van der Waals surface area contributed by atoms with E-state index in [1.807, 2.05) is 7.05 Å². The molecule has 0 aliphatic carbocycles. The van der Waals surface area contributed by atoms with Gasteiger partial charge in [-0.05, 0) is 52.0 Å². The lowest BCUT2D eigenvalue weighted by atomic mass is 9.98. The van der Waals surface area contributed by atoms with E-state index in [-0.39, 0.29) is 6.04 Å². The number of hydrogen-bond acceptors (Lipinski definition) is 3. The lowest BCUT2D eigenvalue weighted by Crippen LogP contribution is -2.49. The average Bonchev–Trinajstić information content (AvgIpc) is 2.53. The summed E-state index contributed by atoms with van der Waals surface area (Å²) in [6, 6.07) is 0.411. The van der Waals surface area contributed by atoms with Crippen molar-refractivity contribution < 1.29 is 9.53 Å². The van der Waals surface area contributed by atoms with Crippen molar-refractivity contribution in [2.75, 3.05) is 26.8 Å². The van der Waals surface area contributed by atoms with Gasteiger partial charge in [0, 0.05) is 25.8 Å². The van der Waals surface area contributed by atoms with Gasteiger partial charge in [-0.2, -0.15) is 0 Å². The molecule has 0 radical (unpaired) electrons. The quantitative estimate of drug-likeness (QED) is 0.828. The maximum Gasteiger partial charge on any atom is 0.239 e. The van der Waals surface area contributed by atoms with Gasteiger partial charge in [-0.15, -0.1) is 0 Å². The standard InChI is InChI=1S/C14H26N2O2/c1-11-4-3-5-13(15-2)14(17)16(11)10-12-6-8-18-9-7-12/h11-13,15H,3-10H2,1-2H3. The lowest BCUT2D eigenvalue weighted by Gasteiger charge is -2.34. The van der Waals surface area contributed by atoms with Crippen LogP contribution in [0, 0.1) is 5.92 Å². The van der Waals surface area contributed by atoms with E-state index in [2.05, 4.69) is 17.1 Å². The van der Waals surface area contributed by atoms with Gasteiger partial charge in [0.15, 0.2) is 0 Å². The highest BCUT2D eigenvalue weighted by atomic mass is 16.5. The Morgan fingerprint density at radius 1 is 1.28 bits per heavy atom. The van der Waals surface area contributed by atoms with Crippen LogP contribution in [0.2, 0.25) is 0 Å². The van der Waals surface area contributed by atoms with E-state index in [1.54, 1.807) is 0 Å². The average molecular weight is 254 g/mol. The van der Waals surface area contributed by atoms with Crippen molar-refractivity contribution in [3.8, 4) is 0 Å². The number of carbonyl (C=O) groups is 1. The molecular formula is C14H26N2O2. The molecule has 2 atom stereocenters. The van der Waals surface area contributed by atoms with E-state index in [9.17, 15) is 4.79 Å². The molecule has 18 heavy (non-hydrogen) atoms. The first-order valence-electron chi connectivity index (χ1n) is 7.28. The van der Waals surface area contributed by atoms with Crippen molar-refractivity contribution in [2.45, 2.75) is 51.1 Å². The third-order valence-corrected chi connectivity index (χ3v) is 4.37. The maximum atomic E-state index is 12.5. The molecule has 2 aliphatic heterocycles. The van der Waals surface area contributed by atoms with Gasteiger partial charge in [0.25, 0.3) is 0 Å². The second-order valence-electron chi connectivity index (χ2n) is 5.67. The minimum Gasteiger partial charge on any atom is -0.381 e. The molecule has 0 bridgehead atoms. The smallest absolute Gasteiger partial charge is 0.239 e. The first-order valence-corrected chi connectivity index (χ1v) is 7.28. The molecule has 2 fully saturated rings. The highest BCUT2D eigenvalue weighted by molar-refractivity contribution is 5.82. The number of nitrogens with one attached hydrogen (secondary N) is 1. The molecule has 0 aromatic heterocycles. The van der Waals surface area contributed by atoms with Gasteiger partial charge in [-0.25, -0.2) is 0 Å². The number of likely N-dealkylation sites (N-methyl/N-ethyl adjacent to an activating group) is 1. The SMILES string of the molecule is CNC1CCCC(C)N(CC2CCOCC2)C1=O. The van der Waals surface area contributed by atoms with Crippen LogP contribution in [0.5, 0.6) is 0 Å². The van der Waals surface area contributed by atoms with E-state index >= 15 is 0 Å². The van der Waals surface area contributed by atoms with E-state index in [0.29, 0.717) is 17.9 Å². The molecule has 4 nitrogen and oxygen atoms in total. The zero-order chi connectivity index (χ0) is 13.0. The van der Waals surface area contributed by atoms with Crippen molar-refractivity contribution in [1.29, 1.82) is 0 Å². The summed E-state index contributed by atoms with van der Waals surface area (Å²) < 4.78 is 5.39. The normalized spacial score (nSPS) is 31.4. The number of nitrogens with zero attached hydrogens (tertiary/aromatic N) is 1. The van der Waals surface area contributed by atoms with Crippen LogP contribution in [0.1, 0.15) is 39.0 Å². The van der Waals surface area contributed by atoms with E-state index in [1.165, 1.54) is 0 Å². The van der Waals surface area contributed by atoms with Gasteiger partial charge >= 0.3 is 0 Å². The third kappa shape index (κ3) is 3.23. The van der Waals surface area contributed by atoms with Crippen molar-refractivity contribution in [3.05, 3.63) is 0 Å². The Balaban J connectivity index is 1.99. The number of rotatable bonds is 3. The van der Waals surface area contributed by atoms with Gasteiger partial charge < -0.3 is 15.0 Å². The first-order chi connectivity index (χ1) is 8.72. The molecule has 0 saturated carbocycles. The van der Waals surface area contributed by atoms with Gasteiger partial charge in [0.1, 0.15) is 0 Å². The Morgan fingerprint density at radius 3 is 2.67 bits per heavy atom. The molecule has 2 heterocycles. The van der Waals surface area contributed by atoms with Crippen LogP contribution < -0.4 is 5.32 Å². The van der Waals surface area contributed by atoms with Crippen molar-refractivity contribution in [2.24, 2.45) is 5.92 Å². The highest BCUT2D eigenvalue weighted by Gasteiger charge is 2.31. The highest BCUT2D eigenvalue weighted by Crippen LogP contribution is 2.23. The molecule has 4 heteroatoms. The number of hydrogen-bond donors (Lipinski definition) is 1. The van der Waals surface area contributed by atoms with Crippen LogP contribution in [0.4, 0.5) is 0 Å². The molecule has 104 valence electrons. The van der Waals surface area contributed by atoms with E-state index in [0.717, 1.165) is 51.9 Å². The Morgan fingerprint density at radius 2 is 2.00 bits per heavy atom. The van der Waals surface area contributed by atoms with Crippen LogP contribution in [-0.4, -0.2) is 49.7 Å². The van der Waals surface area contributed by atoms with Crippen LogP contribution in [0.3, 0.4) is 0 Å². The van der Waals surface area contributed by atoms with Crippen molar-refractivity contribution in [1.82, 2.24) is 10.2 Å². The van der Waals surface area contributed by atoms with Crippen LogP contribution in [0.25, 0.3) is 0 Å². The summed E-state index contributed by atoms with van der Waals surface area (Å²) in [6.07, 6.45) is 5.45. The zero-order valence-corrected chi connectivity index (χ0v) is 11.7. The minimum absolute atomic E-state index is 0.0230. The summed E-state index contributed by atoms with van der Waals surface area (Å²) in [5.74, 6) is 0.926. The Hall–Kier alpha value is -0.610. The Bertz CT molecular complexity index is 277. The predicted octanol–water partition coefficient (Wildman–Crippen LogP) is 1.40. The summed E-state index contributed by atoms with van der Waals surface area (Å²) in [7, 11) is 1.89. The van der Waals surface area contributed by atoms with E-state index < -0.39 is 0 Å². The largest absolute Gasteiger partial charge is 0.381 e. The van der Waals surface area contributed by atoms with Gasteiger partial charge in [0.05, 0.1) is 6.04 Å². The summed E-state index contributed by atoms with van der Waals surface area (Å²) >= 11 is 0. The molecule has 0 aromatic carbocycles. The fourth-order valence-corrected chi connectivity index (χ4v) is 3.06. The molecular weight excluding hydrogens is 228 g/mol. The van der Waals surface area contributed by atoms with Crippen LogP contribution in [0.15, 0.2) is 0 Å². The second kappa shape index (κ2) is 6.53. The first kappa shape index (κ1) is 13.8. The number of carbonyl (C=O) groups excluding carboxylic acids is 1. The Kier molecular flexibility index (Phi) is 5.01. The van der Waals surface area contributed by atoms with Crippen molar-refractivity contribution in [3.63, 3.8) is 0 Å². The monoisotopic (exact) mass is 254 g/mol. The lowest BCUT2D eigenvalue weighted by molar-refractivity contribution is -0.135. The second-order valence-corrected chi connectivity index (χ2v) is 5.67. The number of ether oxygens (including phenoxy) is 1. The number of likely N-dealkylation sites (tertiary alicyclic amines) is 1. The van der Waals surface area contributed by atoms with Crippen LogP contribution >= 0.6 is 0 Å². The summed E-state index contributed by atoms with van der Waals surface area (Å²) in [5, 5.41) is 3.17. The van der Waals surface area contributed by atoms with Crippen LogP contribution in [-0.2, 0) is 9.53 Å². The molecule has 0 aromatic rings. The van der Waals surface area contributed by atoms with Gasteiger partial charge in [-0.1, -0.05) is 0 Å². The van der Waals surface area contributed by atoms with Gasteiger partial charge in [0.2, 0.25) is 5.91 Å². The molecule has 2 rings (SSSR count). The predicted molar refractivity (Wildman–Crippen MR) is 71.4 cm³/mol. The molecule has 1 amide bonds. The molecule has 0 spiro atoms. The summed E-state index contributed by atoms with van der Waals surface area (Å²) in [6.45, 7) is 4.82. The fraction of sp³-hybridized carbons (Fsp3) is 0.929. The van der Waals surface area contributed by atoms with Crippen molar-refractivity contribution >= 4 is 5.91 Å². The number of amides is 1. The molecule has 2 unspecified atom stereocenters. The minimum atomic E-state index is 0.0230. The maximum absolute atomic E-state index is 12.5. The molecule has 2 saturated heterocycles. The zero-order valence-electron chi connectivity index (χ0n) is 11.7. The summed E-state index contributed by atoms with van der Waals surface area (Å²) in [4.78, 5) is 14.6. The van der Waals surface area contributed by atoms with E-state index in [4.69, 9.17) is 4.74 Å². The molecule has 1 N–H and O–H groups in total. The molecule has 2 aliphatic rings. The fourth-order valence-electron chi connectivity index (χ4n) is 3.06. The summed E-state index contributed by atoms with van der Waals surface area (Å²) in [5.41, 5.74) is 0. The topological polar surface area (TPSA) is 41.6 Å². The third-order valence-electron chi connectivity index (χ3n) is 4.37. The Labute approximate surface area is 110 Å². The van der Waals surface area contributed by atoms with Gasteiger partial charge in [-0.3, -0.25) is 4.79 Å².